The molecule has 0 saturated heterocycles. The summed E-state index contributed by atoms with van der Waals surface area (Å²) in [5.41, 5.74) is 5.52. The second-order valence-corrected chi connectivity index (χ2v) is 19.2. The van der Waals surface area contributed by atoms with Gasteiger partial charge in [0.25, 0.3) is 0 Å². The number of esters is 2. The maximum atomic E-state index is 13.0. The zero-order chi connectivity index (χ0) is 47.6. The van der Waals surface area contributed by atoms with Gasteiger partial charge in [-0.05, 0) is 123 Å². The van der Waals surface area contributed by atoms with Crippen LogP contribution in [0.2, 0.25) is 0 Å². The van der Waals surface area contributed by atoms with Crippen LogP contribution in [0.4, 0.5) is 4.79 Å². The van der Waals surface area contributed by atoms with Crippen LogP contribution in [0.1, 0.15) is 219 Å². The van der Waals surface area contributed by atoms with Gasteiger partial charge in [0.05, 0.1) is 27.2 Å². The highest BCUT2D eigenvalue weighted by molar-refractivity contribution is 5.73. The van der Waals surface area contributed by atoms with Crippen molar-refractivity contribution in [3.8, 4) is 0 Å². The lowest BCUT2D eigenvalue weighted by molar-refractivity contribution is -0.892. The number of rotatable bonds is 50. The third kappa shape index (κ3) is 49.3. The smallest absolute Gasteiger partial charge is 0.314 e. The molecule has 0 aromatic heterocycles. The SMILES string of the molecule is CCCCCCCC/C=C\CCCCCCCC(=O)OCC(C[N+](C)(C)CCNC(=O)NCCCNCCCCNCCCN)OC(=O)CCCCCCC/C=C\CCCCCCCC. The van der Waals surface area contributed by atoms with E-state index in [2.05, 4.69) is 73.5 Å². The Kier molecular flexibility index (Phi) is 47.6. The van der Waals surface area contributed by atoms with E-state index < -0.39 is 6.10 Å². The molecule has 0 saturated carbocycles. The van der Waals surface area contributed by atoms with Crippen LogP contribution in [0.3, 0.4) is 0 Å². The number of carbonyl (C=O) groups is 3. The van der Waals surface area contributed by atoms with Crippen LogP contribution in [0.25, 0.3) is 0 Å². The number of allylic oxidation sites excluding steroid dienone is 4. The Balaban J connectivity index is 4.58. The molecule has 11 heteroatoms. The maximum Gasteiger partial charge on any atom is 0.314 e. The minimum atomic E-state index is -0.549. The first kappa shape index (κ1) is 62.5. The summed E-state index contributed by atoms with van der Waals surface area (Å²) in [4.78, 5) is 38.3. The fourth-order valence-electron chi connectivity index (χ4n) is 7.88. The van der Waals surface area contributed by atoms with E-state index in [9.17, 15) is 14.4 Å². The Hall–Kier alpha value is -2.47. The molecule has 6 N–H and O–H groups in total. The van der Waals surface area contributed by atoms with Gasteiger partial charge >= 0.3 is 18.0 Å². The van der Waals surface area contributed by atoms with Crippen LogP contribution < -0.4 is 27.0 Å². The number of hydrogen-bond donors (Lipinski definition) is 5. The number of hydrogen-bond acceptors (Lipinski definition) is 8. The summed E-state index contributed by atoms with van der Waals surface area (Å²) in [5.74, 6) is -0.464. The van der Waals surface area contributed by atoms with Crippen LogP contribution in [0, 0.1) is 0 Å². The molecule has 0 aliphatic carbocycles. The van der Waals surface area contributed by atoms with Crippen molar-refractivity contribution in [3.63, 3.8) is 0 Å². The van der Waals surface area contributed by atoms with Crippen LogP contribution in [-0.2, 0) is 19.1 Å². The Morgan fingerprint density at radius 1 is 0.492 bits per heavy atom. The Morgan fingerprint density at radius 2 is 0.908 bits per heavy atom. The number of unbranched alkanes of at least 4 members (excludes halogenated alkanes) is 23. The zero-order valence-corrected chi connectivity index (χ0v) is 43.2. The van der Waals surface area contributed by atoms with Crippen LogP contribution in [-0.4, -0.2) is 108 Å². The second kappa shape index (κ2) is 49.4. The van der Waals surface area contributed by atoms with Gasteiger partial charge in [-0.15, -0.1) is 0 Å². The summed E-state index contributed by atoms with van der Waals surface area (Å²) < 4.78 is 12.2. The Labute approximate surface area is 401 Å². The Bertz CT molecular complexity index is 1120. The number of nitrogens with two attached hydrogens (primary N) is 1. The molecule has 0 fully saturated rings. The van der Waals surface area contributed by atoms with Crippen molar-refractivity contribution in [1.29, 1.82) is 0 Å². The molecule has 0 spiro atoms. The molecule has 0 rings (SSSR count). The largest absolute Gasteiger partial charge is 0.461 e. The molecule has 0 heterocycles. The van der Waals surface area contributed by atoms with E-state index in [0.717, 1.165) is 110 Å². The molecular weight excluding hydrogens is 813 g/mol. The number of amides is 2. The minimum Gasteiger partial charge on any atom is -0.461 e. The molecule has 0 aromatic rings. The highest BCUT2D eigenvalue weighted by Gasteiger charge is 2.27. The third-order valence-electron chi connectivity index (χ3n) is 12.0. The number of quaternary nitrogens is 1. The summed E-state index contributed by atoms with van der Waals surface area (Å²) in [7, 11) is 4.11. The predicted octanol–water partition coefficient (Wildman–Crippen LogP) is 11.6. The van der Waals surface area contributed by atoms with Crippen LogP contribution in [0.5, 0.6) is 0 Å². The summed E-state index contributed by atoms with van der Waals surface area (Å²) in [6.07, 6.45) is 45.2. The summed E-state index contributed by atoms with van der Waals surface area (Å²) in [5, 5.41) is 12.8. The first-order valence-electron chi connectivity index (χ1n) is 27.3. The second-order valence-electron chi connectivity index (χ2n) is 19.2. The summed E-state index contributed by atoms with van der Waals surface area (Å²) in [6, 6.07) is -0.180. The van der Waals surface area contributed by atoms with Gasteiger partial charge in [0, 0.05) is 19.4 Å². The van der Waals surface area contributed by atoms with E-state index in [1.165, 1.54) is 116 Å². The molecule has 0 aliphatic rings. The van der Waals surface area contributed by atoms with Crippen molar-refractivity contribution in [2.24, 2.45) is 5.73 Å². The van der Waals surface area contributed by atoms with Gasteiger partial charge in [-0.2, -0.15) is 0 Å². The molecule has 1 atom stereocenters. The minimum absolute atomic E-state index is 0.0529. The van der Waals surface area contributed by atoms with E-state index in [-0.39, 0.29) is 24.6 Å². The molecule has 0 radical (unpaired) electrons. The van der Waals surface area contributed by atoms with Gasteiger partial charge in [-0.1, -0.05) is 141 Å². The van der Waals surface area contributed by atoms with Gasteiger partial charge in [0.1, 0.15) is 13.2 Å². The number of nitrogens with zero attached hydrogens (tertiary/aromatic N) is 1. The molecule has 0 aromatic carbocycles. The van der Waals surface area contributed by atoms with Crippen molar-refractivity contribution in [2.45, 2.75) is 225 Å². The molecule has 0 aliphatic heterocycles. The average Bonchev–Trinajstić information content (AvgIpc) is 3.28. The normalized spacial score (nSPS) is 12.3. The third-order valence-corrected chi connectivity index (χ3v) is 12.0. The highest BCUT2D eigenvalue weighted by Crippen LogP contribution is 2.14. The van der Waals surface area contributed by atoms with Gasteiger partial charge in [0.2, 0.25) is 0 Å². The number of carbonyl (C=O) groups excluding carboxylic acids is 3. The fraction of sp³-hybridized carbons (Fsp3) is 0.870. The molecule has 1 unspecified atom stereocenters. The van der Waals surface area contributed by atoms with E-state index in [0.29, 0.717) is 43.5 Å². The monoisotopic (exact) mass is 920 g/mol. The lowest BCUT2D eigenvalue weighted by Crippen LogP contribution is -2.52. The maximum absolute atomic E-state index is 13.0. The molecule has 2 amide bonds. The van der Waals surface area contributed by atoms with E-state index in [1.54, 1.807) is 0 Å². The molecule has 65 heavy (non-hydrogen) atoms. The average molecular weight is 920 g/mol. The molecule has 0 bridgehead atoms. The van der Waals surface area contributed by atoms with E-state index in [1.807, 2.05) is 0 Å². The van der Waals surface area contributed by atoms with Crippen molar-refractivity contribution in [3.05, 3.63) is 24.3 Å². The summed E-state index contributed by atoms with van der Waals surface area (Å²) >= 11 is 0. The van der Waals surface area contributed by atoms with Gasteiger partial charge in [0.15, 0.2) is 6.10 Å². The number of likely N-dealkylation sites (N-methyl/N-ethyl adjacent to an activating group) is 1. The van der Waals surface area contributed by atoms with Crippen molar-refractivity contribution in [1.82, 2.24) is 21.3 Å². The lowest BCUT2D eigenvalue weighted by Gasteiger charge is -2.33. The predicted molar refractivity (Wildman–Crippen MR) is 276 cm³/mol. The fourth-order valence-corrected chi connectivity index (χ4v) is 7.88. The Morgan fingerprint density at radius 3 is 1.40 bits per heavy atom. The quantitative estimate of drug-likeness (QED) is 0.0176. The highest BCUT2D eigenvalue weighted by atomic mass is 16.6. The molecular formula is C54H107N6O5+. The van der Waals surface area contributed by atoms with Gasteiger partial charge in [-0.3, -0.25) is 9.59 Å². The standard InChI is InChI=1S/C54H106N6O5/c1-5-7-9-11-13-15-17-19-21-23-25-27-29-31-33-39-52(61)64-50-51(65-53(62)40-34-32-30-28-26-24-22-20-18-16-14-12-10-8-6-2)49-60(3,4)48-47-59-54(63)58-46-38-45-57-43-36-35-42-56-44-37-41-55/h19-22,51,56-57H,5-18,23-50,55H2,1-4H3,(H-,58,59,63)/p+1/b21-19-,22-20-. The molecule has 11 nitrogen and oxygen atoms in total. The van der Waals surface area contributed by atoms with E-state index >= 15 is 0 Å². The zero-order valence-electron chi connectivity index (χ0n) is 43.2. The van der Waals surface area contributed by atoms with Crippen molar-refractivity contribution >= 4 is 18.0 Å². The number of ether oxygens (including phenoxy) is 2. The molecule has 382 valence electrons. The van der Waals surface area contributed by atoms with E-state index in [4.69, 9.17) is 15.2 Å². The summed E-state index contributed by atoms with van der Waals surface area (Å²) in [6.45, 7) is 11.4. The number of nitrogens with one attached hydrogen (secondary N) is 4. The van der Waals surface area contributed by atoms with Gasteiger partial charge < -0.3 is 41.0 Å². The van der Waals surface area contributed by atoms with Crippen LogP contribution >= 0.6 is 0 Å². The van der Waals surface area contributed by atoms with Gasteiger partial charge in [-0.25, -0.2) is 4.79 Å². The van der Waals surface area contributed by atoms with Crippen LogP contribution in [0.15, 0.2) is 24.3 Å². The first-order chi connectivity index (χ1) is 31.7. The van der Waals surface area contributed by atoms with Crippen molar-refractivity contribution in [2.75, 3.05) is 79.6 Å². The van der Waals surface area contributed by atoms with Crippen molar-refractivity contribution < 1.29 is 28.3 Å². The number of urea groups is 1. The first-order valence-corrected chi connectivity index (χ1v) is 27.3. The topological polar surface area (TPSA) is 144 Å². The lowest BCUT2D eigenvalue weighted by atomic mass is 10.1.